The number of halogens is 2. The first-order valence-electron chi connectivity index (χ1n) is 5.18. The minimum atomic E-state index is -1.26. The summed E-state index contributed by atoms with van der Waals surface area (Å²) in [5, 5.41) is 18.3. The summed E-state index contributed by atoms with van der Waals surface area (Å²) < 4.78 is 0. The number of carboxylic acid groups (broad SMARTS) is 2. The van der Waals surface area contributed by atoms with Crippen molar-refractivity contribution in [1.29, 1.82) is 0 Å². The van der Waals surface area contributed by atoms with Crippen molar-refractivity contribution in [1.82, 2.24) is 9.97 Å². The van der Waals surface area contributed by atoms with E-state index < -0.39 is 11.9 Å². The Labute approximate surface area is 122 Å². The highest BCUT2D eigenvalue weighted by Gasteiger charge is 2.19. The van der Waals surface area contributed by atoms with Crippen LogP contribution in [0.3, 0.4) is 0 Å². The van der Waals surface area contributed by atoms with Gasteiger partial charge in [-0.25, -0.2) is 19.6 Å². The molecule has 0 amide bonds. The third kappa shape index (κ3) is 2.71. The van der Waals surface area contributed by atoms with Crippen LogP contribution in [0, 0.1) is 0 Å². The molecule has 0 aliphatic rings. The molecule has 0 saturated heterocycles. The summed E-state index contributed by atoms with van der Waals surface area (Å²) in [5.41, 5.74) is -0.142. The zero-order chi connectivity index (χ0) is 14.9. The van der Waals surface area contributed by atoms with Crippen molar-refractivity contribution in [2.45, 2.75) is 0 Å². The third-order valence-electron chi connectivity index (χ3n) is 2.49. The summed E-state index contributed by atoms with van der Waals surface area (Å²) >= 11 is 11.5. The Kier molecular flexibility index (Phi) is 3.87. The smallest absolute Gasteiger partial charge is 0.337 e. The fourth-order valence-electron chi connectivity index (χ4n) is 1.65. The summed E-state index contributed by atoms with van der Waals surface area (Å²) in [6, 6.07) is 2.53. The van der Waals surface area contributed by atoms with Gasteiger partial charge in [-0.05, 0) is 12.1 Å². The van der Waals surface area contributed by atoms with Gasteiger partial charge in [0.15, 0.2) is 0 Å². The monoisotopic (exact) mass is 312 g/mol. The number of aromatic nitrogens is 2. The molecular weight excluding hydrogens is 307 g/mol. The molecule has 0 atom stereocenters. The summed E-state index contributed by atoms with van der Waals surface area (Å²) in [5.74, 6) is -2.51. The lowest BCUT2D eigenvalue weighted by atomic mass is 9.98. The first-order valence-corrected chi connectivity index (χ1v) is 5.94. The molecule has 2 rings (SSSR count). The normalized spacial score (nSPS) is 10.3. The molecule has 6 nitrogen and oxygen atoms in total. The molecule has 8 heteroatoms. The van der Waals surface area contributed by atoms with E-state index in [2.05, 4.69) is 9.97 Å². The molecule has 0 fully saturated rings. The van der Waals surface area contributed by atoms with Crippen LogP contribution in [-0.4, -0.2) is 32.1 Å². The van der Waals surface area contributed by atoms with E-state index >= 15 is 0 Å². The number of pyridine rings is 2. The highest BCUT2D eigenvalue weighted by atomic mass is 35.5. The molecule has 2 aromatic heterocycles. The number of nitrogens with zero attached hydrogens (tertiary/aromatic N) is 2. The Hall–Kier alpha value is -2.18. The molecule has 20 heavy (non-hydrogen) atoms. The number of hydrogen-bond acceptors (Lipinski definition) is 4. The van der Waals surface area contributed by atoms with Gasteiger partial charge in [0.05, 0.1) is 11.1 Å². The second kappa shape index (κ2) is 5.44. The maximum absolute atomic E-state index is 11.2. The Balaban J connectivity index is 2.79. The zero-order valence-electron chi connectivity index (χ0n) is 9.67. The van der Waals surface area contributed by atoms with Crippen molar-refractivity contribution in [2.75, 3.05) is 0 Å². The summed E-state index contributed by atoms with van der Waals surface area (Å²) in [6.45, 7) is 0. The summed E-state index contributed by atoms with van der Waals surface area (Å²) in [6.07, 6.45) is 2.11. The van der Waals surface area contributed by atoms with E-state index in [0.717, 1.165) is 12.4 Å². The number of hydrogen-bond donors (Lipinski definition) is 2. The number of carbonyl (C=O) groups is 2. The first-order chi connectivity index (χ1) is 9.40. The van der Waals surface area contributed by atoms with E-state index in [-0.39, 0.29) is 32.6 Å². The van der Waals surface area contributed by atoms with Gasteiger partial charge < -0.3 is 10.2 Å². The van der Waals surface area contributed by atoms with Gasteiger partial charge in [0.2, 0.25) is 0 Å². The molecule has 2 aromatic rings. The third-order valence-corrected chi connectivity index (χ3v) is 2.91. The van der Waals surface area contributed by atoms with E-state index in [1.807, 2.05) is 0 Å². The van der Waals surface area contributed by atoms with E-state index in [4.69, 9.17) is 33.4 Å². The Morgan fingerprint density at radius 3 is 1.50 bits per heavy atom. The van der Waals surface area contributed by atoms with Gasteiger partial charge in [0.1, 0.15) is 10.3 Å². The predicted octanol–water partition coefficient (Wildman–Crippen LogP) is 2.85. The molecule has 2 N–H and O–H groups in total. The minimum Gasteiger partial charge on any atom is -0.478 e. The lowest BCUT2D eigenvalue weighted by Gasteiger charge is -2.09. The number of aromatic carboxylic acids is 2. The van der Waals surface area contributed by atoms with Crippen molar-refractivity contribution >= 4 is 35.1 Å². The van der Waals surface area contributed by atoms with E-state index in [0.29, 0.717) is 0 Å². The standard InChI is InChI=1S/C12H6Cl2N2O4/c13-9-1-5(7(3-15-9)11(17)18)6-2-10(14)16-4-8(6)12(19)20/h1-4H,(H,17,18)(H,19,20). The largest absolute Gasteiger partial charge is 0.478 e. The molecule has 0 unspecified atom stereocenters. The number of carboxylic acids is 2. The van der Waals surface area contributed by atoms with Crippen LogP contribution in [0.1, 0.15) is 20.7 Å². The summed E-state index contributed by atoms with van der Waals surface area (Å²) in [4.78, 5) is 29.7. The zero-order valence-corrected chi connectivity index (χ0v) is 11.2. The first kappa shape index (κ1) is 14.2. The second-order valence-corrected chi connectivity index (χ2v) is 4.49. The van der Waals surface area contributed by atoms with Gasteiger partial charge in [0, 0.05) is 23.5 Å². The quantitative estimate of drug-likeness (QED) is 0.845. The van der Waals surface area contributed by atoms with Gasteiger partial charge in [-0.15, -0.1) is 0 Å². The molecule has 102 valence electrons. The van der Waals surface area contributed by atoms with Crippen LogP contribution in [0.5, 0.6) is 0 Å². The Morgan fingerprint density at radius 1 is 0.850 bits per heavy atom. The van der Waals surface area contributed by atoms with Crippen LogP contribution in [0.25, 0.3) is 11.1 Å². The van der Waals surface area contributed by atoms with Crippen molar-refractivity contribution in [3.05, 3.63) is 46.0 Å². The van der Waals surface area contributed by atoms with E-state index in [1.165, 1.54) is 12.1 Å². The fourth-order valence-corrected chi connectivity index (χ4v) is 1.96. The van der Waals surface area contributed by atoms with Crippen LogP contribution in [0.4, 0.5) is 0 Å². The SMILES string of the molecule is O=C(O)c1cnc(Cl)cc1-c1cc(Cl)ncc1C(=O)O. The number of rotatable bonds is 3. The van der Waals surface area contributed by atoms with Crippen molar-refractivity contribution in [3.63, 3.8) is 0 Å². The van der Waals surface area contributed by atoms with E-state index in [9.17, 15) is 9.59 Å². The highest BCUT2D eigenvalue weighted by Crippen LogP contribution is 2.30. The maximum atomic E-state index is 11.2. The molecule has 0 saturated carbocycles. The molecule has 0 radical (unpaired) electrons. The average Bonchev–Trinajstić information content (AvgIpc) is 2.37. The van der Waals surface area contributed by atoms with Crippen LogP contribution in [0.15, 0.2) is 24.5 Å². The molecule has 0 aromatic carbocycles. The molecule has 0 aliphatic carbocycles. The van der Waals surface area contributed by atoms with Crippen LogP contribution < -0.4 is 0 Å². The maximum Gasteiger partial charge on any atom is 0.337 e. The molecule has 0 spiro atoms. The Bertz CT molecular complexity index is 657. The molecular formula is C12H6Cl2N2O4. The van der Waals surface area contributed by atoms with E-state index in [1.54, 1.807) is 0 Å². The van der Waals surface area contributed by atoms with Crippen molar-refractivity contribution < 1.29 is 19.8 Å². The minimum absolute atomic E-state index is 0.0364. The highest BCUT2D eigenvalue weighted by molar-refractivity contribution is 6.30. The Morgan fingerprint density at radius 2 is 1.20 bits per heavy atom. The van der Waals surface area contributed by atoms with Crippen LogP contribution in [0.2, 0.25) is 10.3 Å². The van der Waals surface area contributed by atoms with Gasteiger partial charge >= 0.3 is 11.9 Å². The van der Waals surface area contributed by atoms with Gasteiger partial charge in [-0.1, -0.05) is 23.2 Å². The van der Waals surface area contributed by atoms with Crippen molar-refractivity contribution in [3.8, 4) is 11.1 Å². The molecule has 0 bridgehead atoms. The van der Waals surface area contributed by atoms with Gasteiger partial charge in [0.25, 0.3) is 0 Å². The average molecular weight is 313 g/mol. The van der Waals surface area contributed by atoms with Gasteiger partial charge in [-0.3, -0.25) is 0 Å². The molecule has 2 heterocycles. The van der Waals surface area contributed by atoms with Crippen molar-refractivity contribution in [2.24, 2.45) is 0 Å². The lowest BCUT2D eigenvalue weighted by molar-refractivity contribution is 0.0684. The topological polar surface area (TPSA) is 100 Å². The molecule has 0 aliphatic heterocycles. The van der Waals surface area contributed by atoms with Crippen LogP contribution in [-0.2, 0) is 0 Å². The summed E-state index contributed by atoms with van der Waals surface area (Å²) in [7, 11) is 0. The fraction of sp³-hybridized carbons (Fsp3) is 0. The lowest BCUT2D eigenvalue weighted by Crippen LogP contribution is -2.05. The second-order valence-electron chi connectivity index (χ2n) is 3.72. The van der Waals surface area contributed by atoms with Gasteiger partial charge in [-0.2, -0.15) is 0 Å². The predicted molar refractivity (Wildman–Crippen MR) is 71.4 cm³/mol. The van der Waals surface area contributed by atoms with Crippen LogP contribution >= 0.6 is 23.2 Å².